The topological polar surface area (TPSA) is 126 Å². The van der Waals surface area contributed by atoms with Crippen LogP contribution < -0.4 is 0 Å². The van der Waals surface area contributed by atoms with Gasteiger partial charge in [-0.05, 0) is 85.9 Å². The average molecular weight is 899 g/mol. The van der Waals surface area contributed by atoms with E-state index in [4.69, 9.17) is 23.7 Å². The fourth-order valence-corrected chi connectivity index (χ4v) is 10.7. The lowest BCUT2D eigenvalue weighted by Crippen LogP contribution is -2.37. The number of hydrogen-bond acceptors (Lipinski definition) is 14. The molecular weight excluding hydrogens is 825 g/mol. The zero-order valence-electron chi connectivity index (χ0n) is 39.0. The van der Waals surface area contributed by atoms with Gasteiger partial charge in [0.25, 0.3) is 0 Å². The largest absolute Gasteiger partial charge is 0.507 e. The second-order valence-electron chi connectivity index (χ2n) is 19.3. The number of rotatable bonds is 15. The van der Waals surface area contributed by atoms with Gasteiger partial charge >= 0.3 is 0 Å². The third-order valence-corrected chi connectivity index (χ3v) is 14.9. The van der Waals surface area contributed by atoms with E-state index in [1.54, 1.807) is 0 Å². The van der Waals surface area contributed by atoms with Crippen molar-refractivity contribution >= 4 is 0 Å². The predicted octanol–water partition coefficient (Wildman–Crippen LogP) is 4.30. The highest BCUT2D eigenvalue weighted by Gasteiger charge is 2.37. The van der Waals surface area contributed by atoms with Crippen molar-refractivity contribution in [3.8, 4) is 17.2 Å². The lowest BCUT2D eigenvalue weighted by molar-refractivity contribution is 0.0326. The average Bonchev–Trinajstić information content (AvgIpc) is 3.34. The maximum atomic E-state index is 12.3. The molecule has 0 aliphatic carbocycles. The molecule has 0 amide bonds. The van der Waals surface area contributed by atoms with Crippen LogP contribution in [0.15, 0.2) is 36.4 Å². The van der Waals surface area contributed by atoms with Gasteiger partial charge in [0.2, 0.25) is 0 Å². The Morgan fingerprint density at radius 3 is 0.754 bits per heavy atom. The summed E-state index contributed by atoms with van der Waals surface area (Å²) < 4.78 is 28.9. The zero-order valence-corrected chi connectivity index (χ0v) is 39.0. The molecule has 65 heavy (non-hydrogen) atoms. The number of aromatic hydroxyl groups is 3. The minimum absolute atomic E-state index is 0.352. The van der Waals surface area contributed by atoms with Gasteiger partial charge < -0.3 is 39.0 Å². The first kappa shape index (κ1) is 46.7. The Bertz CT molecular complexity index is 1670. The van der Waals surface area contributed by atoms with E-state index in [0.717, 1.165) is 141 Å². The van der Waals surface area contributed by atoms with Crippen molar-refractivity contribution < 1.29 is 39.0 Å². The van der Waals surface area contributed by atoms with Crippen molar-refractivity contribution in [2.24, 2.45) is 0 Å². The molecule has 14 heteroatoms. The molecule has 0 atom stereocenters. The van der Waals surface area contributed by atoms with Gasteiger partial charge in [-0.3, -0.25) is 29.4 Å². The molecule has 3 aromatic carbocycles. The van der Waals surface area contributed by atoms with Crippen molar-refractivity contribution in [1.29, 1.82) is 0 Å². The van der Waals surface area contributed by atoms with Crippen LogP contribution in [-0.4, -0.2) is 189 Å². The molecule has 0 aromatic heterocycles. The van der Waals surface area contributed by atoms with E-state index in [0.29, 0.717) is 123 Å². The predicted molar refractivity (Wildman–Crippen MR) is 249 cm³/mol. The molecule has 0 unspecified atom stereocenters. The fraction of sp³-hybridized carbons (Fsp3) is 0.647. The van der Waals surface area contributed by atoms with Gasteiger partial charge in [-0.1, -0.05) is 6.42 Å². The first-order valence-corrected chi connectivity index (χ1v) is 24.6. The number of phenols is 3. The van der Waals surface area contributed by atoms with Crippen molar-refractivity contribution in [1.82, 2.24) is 29.4 Å². The van der Waals surface area contributed by atoms with Gasteiger partial charge in [0.05, 0.1) is 66.1 Å². The first-order chi connectivity index (χ1) is 31.8. The number of piperidine rings is 1. The van der Waals surface area contributed by atoms with Gasteiger partial charge in [-0.15, -0.1) is 0 Å². The minimum Gasteiger partial charge on any atom is -0.507 e. The monoisotopic (exact) mass is 899 g/mol. The molecule has 3 aromatic rings. The van der Waals surface area contributed by atoms with E-state index in [1.807, 2.05) is 0 Å². The summed E-state index contributed by atoms with van der Waals surface area (Å²) in [6.45, 7) is 22.8. The van der Waals surface area contributed by atoms with E-state index in [9.17, 15) is 15.3 Å². The normalized spacial score (nSPS) is 22.1. The highest BCUT2D eigenvalue weighted by Crippen LogP contribution is 2.46. The smallest absolute Gasteiger partial charge is 0.124 e. The van der Waals surface area contributed by atoms with Gasteiger partial charge in [-0.25, -0.2) is 0 Å². The molecule has 0 saturated carbocycles. The number of nitrogens with zero attached hydrogens (tertiary/aromatic N) is 6. The van der Waals surface area contributed by atoms with E-state index in [2.05, 4.69) is 72.7 Å². The molecule has 6 aliphatic rings. The standard InChI is InChI=1S/C51H74N6O8/c1-51(45-27-39(33-52-5-3-2-4-6-52)48(58)40(28-45)34-53-7-17-61-18-8-53,46-29-41(35-54-9-19-62-20-10-54)49(59)42(30-46)36-55-11-21-63-22-12-55)47-31-43(37-56-13-23-64-24-14-56)50(60)44(32-47)38-57-15-25-65-26-16-57/h27-32,58-60H,2-26,33-38H2,1H3. The summed E-state index contributed by atoms with van der Waals surface area (Å²) >= 11 is 0. The second kappa shape index (κ2) is 22.2. The first-order valence-electron chi connectivity index (χ1n) is 24.6. The van der Waals surface area contributed by atoms with Crippen molar-refractivity contribution in [3.05, 3.63) is 86.5 Å². The Hall–Kier alpha value is -3.38. The molecular formula is C51H74N6O8. The van der Waals surface area contributed by atoms with Crippen LogP contribution in [0.5, 0.6) is 17.2 Å². The number of phenolic OH excluding ortho intramolecular Hbond substituents is 3. The van der Waals surface area contributed by atoms with Crippen LogP contribution in [0.4, 0.5) is 0 Å². The van der Waals surface area contributed by atoms with Crippen molar-refractivity contribution in [2.75, 3.05) is 145 Å². The SMILES string of the molecule is CC(c1cc(CN2CCCCC2)c(O)c(CN2CCOCC2)c1)(c1cc(CN2CCOCC2)c(O)c(CN2CCOCC2)c1)c1cc(CN2CCOCC2)c(O)c(CN2CCOCC2)c1. The van der Waals surface area contributed by atoms with Gasteiger partial charge in [0.1, 0.15) is 17.2 Å². The van der Waals surface area contributed by atoms with E-state index >= 15 is 0 Å². The number of ether oxygens (including phenoxy) is 5. The Morgan fingerprint density at radius 2 is 0.538 bits per heavy atom. The molecule has 0 radical (unpaired) electrons. The van der Waals surface area contributed by atoms with Gasteiger partial charge in [-0.2, -0.15) is 0 Å². The summed E-state index contributed by atoms with van der Waals surface area (Å²) in [5, 5.41) is 37.0. The molecule has 6 fully saturated rings. The molecule has 6 saturated heterocycles. The van der Waals surface area contributed by atoms with Crippen LogP contribution in [-0.2, 0) is 68.4 Å². The lowest BCUT2D eigenvalue weighted by Gasteiger charge is -2.37. The van der Waals surface area contributed by atoms with Crippen LogP contribution in [0.1, 0.15) is 76.3 Å². The van der Waals surface area contributed by atoms with Gasteiger partial charge in [0.15, 0.2) is 0 Å². The third kappa shape index (κ3) is 11.5. The Balaban J connectivity index is 1.25. The lowest BCUT2D eigenvalue weighted by atomic mass is 9.68. The fourth-order valence-electron chi connectivity index (χ4n) is 10.7. The molecule has 0 spiro atoms. The van der Waals surface area contributed by atoms with Crippen LogP contribution in [0.2, 0.25) is 0 Å². The molecule has 6 heterocycles. The molecule has 0 bridgehead atoms. The van der Waals surface area contributed by atoms with Gasteiger partial charge in [0, 0.05) is 144 Å². The number of benzene rings is 3. The third-order valence-electron chi connectivity index (χ3n) is 14.9. The Labute approximate surface area is 386 Å². The quantitative estimate of drug-likeness (QED) is 0.188. The summed E-state index contributed by atoms with van der Waals surface area (Å²) in [6.07, 6.45) is 3.56. The Morgan fingerprint density at radius 1 is 0.338 bits per heavy atom. The summed E-state index contributed by atoms with van der Waals surface area (Å²) in [5.74, 6) is 1.09. The molecule has 9 rings (SSSR count). The van der Waals surface area contributed by atoms with E-state index < -0.39 is 5.41 Å². The minimum atomic E-state index is -0.787. The van der Waals surface area contributed by atoms with Crippen molar-refractivity contribution in [2.45, 2.75) is 70.9 Å². The molecule has 3 N–H and O–H groups in total. The maximum Gasteiger partial charge on any atom is 0.124 e. The van der Waals surface area contributed by atoms with Crippen molar-refractivity contribution in [3.63, 3.8) is 0 Å². The van der Waals surface area contributed by atoms with Crippen LogP contribution in [0.25, 0.3) is 0 Å². The summed E-state index contributed by atoms with van der Waals surface area (Å²) in [6, 6.07) is 13.5. The summed E-state index contributed by atoms with van der Waals surface area (Å²) in [5.41, 5.74) is 7.94. The Kier molecular flexibility index (Phi) is 15.9. The maximum absolute atomic E-state index is 12.3. The number of morpholine rings is 5. The number of hydrogen-bond donors (Lipinski definition) is 3. The van der Waals surface area contributed by atoms with E-state index in [1.165, 1.54) is 6.42 Å². The summed E-state index contributed by atoms with van der Waals surface area (Å²) in [4.78, 5) is 14.4. The second-order valence-corrected chi connectivity index (χ2v) is 19.3. The zero-order chi connectivity index (χ0) is 44.6. The highest BCUT2D eigenvalue weighted by atomic mass is 16.5. The molecule has 6 aliphatic heterocycles. The van der Waals surface area contributed by atoms with Crippen LogP contribution in [0, 0.1) is 0 Å². The number of likely N-dealkylation sites (tertiary alicyclic amines) is 1. The van der Waals surface area contributed by atoms with E-state index in [-0.39, 0.29) is 0 Å². The molecule has 14 nitrogen and oxygen atoms in total. The summed E-state index contributed by atoms with van der Waals surface area (Å²) in [7, 11) is 0. The van der Waals surface area contributed by atoms with Crippen LogP contribution in [0.3, 0.4) is 0 Å². The molecule has 356 valence electrons. The van der Waals surface area contributed by atoms with Crippen LogP contribution >= 0.6 is 0 Å². The highest BCUT2D eigenvalue weighted by molar-refractivity contribution is 5.60.